The number of rotatable bonds is 4. The Labute approximate surface area is 102 Å². The van der Waals surface area contributed by atoms with Crippen LogP contribution in [0.15, 0.2) is 54.7 Å². The molecule has 0 aliphatic heterocycles. The van der Waals surface area contributed by atoms with Crippen molar-refractivity contribution in [1.82, 2.24) is 0 Å². The minimum atomic E-state index is 0.150. The van der Waals surface area contributed by atoms with E-state index in [9.17, 15) is 4.79 Å². The standard InChI is InChI=1S/C15H16NO/c1-2-14-10-6-7-11-16(14)12-15(17)13-8-4-3-5-9-13/h3-11H,2,12H2,1H3/q+1. The number of hydrogen-bond donors (Lipinski definition) is 0. The summed E-state index contributed by atoms with van der Waals surface area (Å²) < 4.78 is 2.01. The smallest absolute Gasteiger partial charge is 0.227 e. The molecule has 1 aromatic heterocycles. The lowest BCUT2D eigenvalue weighted by Gasteiger charge is -2.01. The summed E-state index contributed by atoms with van der Waals surface area (Å²) in [5.74, 6) is 0.150. The van der Waals surface area contributed by atoms with Gasteiger partial charge in [0, 0.05) is 24.1 Å². The van der Waals surface area contributed by atoms with E-state index in [0.717, 1.165) is 12.0 Å². The SMILES string of the molecule is CCc1cccc[n+]1CC(=O)c1ccccc1. The predicted octanol–water partition coefficient (Wildman–Crippen LogP) is 2.42. The van der Waals surface area contributed by atoms with E-state index >= 15 is 0 Å². The highest BCUT2D eigenvalue weighted by molar-refractivity contribution is 5.94. The number of aromatic nitrogens is 1. The second kappa shape index (κ2) is 5.39. The first-order valence-corrected chi connectivity index (χ1v) is 5.87. The monoisotopic (exact) mass is 226 g/mol. The molecule has 86 valence electrons. The van der Waals surface area contributed by atoms with Crippen molar-refractivity contribution in [3.63, 3.8) is 0 Å². The molecule has 0 atom stereocenters. The zero-order chi connectivity index (χ0) is 12.1. The molecule has 2 heteroatoms. The summed E-state index contributed by atoms with van der Waals surface area (Å²) in [5.41, 5.74) is 1.95. The van der Waals surface area contributed by atoms with Crippen molar-refractivity contribution in [2.75, 3.05) is 0 Å². The van der Waals surface area contributed by atoms with Crippen molar-refractivity contribution in [3.8, 4) is 0 Å². The Balaban J connectivity index is 2.19. The van der Waals surface area contributed by atoms with Crippen LogP contribution in [0.4, 0.5) is 0 Å². The van der Waals surface area contributed by atoms with E-state index in [1.54, 1.807) is 0 Å². The number of Topliss-reactive ketones (excluding diaryl/α,β-unsaturated/α-hetero) is 1. The first-order chi connectivity index (χ1) is 8.31. The fraction of sp³-hybridized carbons (Fsp3) is 0.200. The molecule has 2 aromatic rings. The third kappa shape index (κ3) is 2.78. The van der Waals surface area contributed by atoms with Gasteiger partial charge in [0.2, 0.25) is 12.3 Å². The molecule has 2 rings (SSSR count). The number of nitrogens with zero attached hydrogens (tertiary/aromatic N) is 1. The van der Waals surface area contributed by atoms with E-state index < -0.39 is 0 Å². The van der Waals surface area contributed by atoms with Crippen molar-refractivity contribution >= 4 is 5.78 Å². The van der Waals surface area contributed by atoms with Crippen LogP contribution in [0.5, 0.6) is 0 Å². The summed E-state index contributed by atoms with van der Waals surface area (Å²) in [6.45, 7) is 2.51. The second-order valence-electron chi connectivity index (χ2n) is 3.96. The third-order valence-electron chi connectivity index (χ3n) is 2.81. The molecule has 17 heavy (non-hydrogen) atoms. The van der Waals surface area contributed by atoms with Crippen LogP contribution >= 0.6 is 0 Å². The van der Waals surface area contributed by atoms with Gasteiger partial charge in [-0.2, -0.15) is 4.57 Å². The largest absolute Gasteiger partial charge is 0.287 e. The Morgan fingerprint density at radius 3 is 2.47 bits per heavy atom. The van der Waals surface area contributed by atoms with E-state index in [1.165, 1.54) is 5.69 Å². The van der Waals surface area contributed by atoms with Crippen molar-refractivity contribution in [1.29, 1.82) is 0 Å². The molecule has 1 aromatic carbocycles. The molecule has 0 aliphatic carbocycles. The lowest BCUT2D eigenvalue weighted by Crippen LogP contribution is -2.41. The fourth-order valence-corrected chi connectivity index (χ4v) is 1.86. The molecule has 0 saturated carbocycles. The molecular formula is C15H16NO+. The summed E-state index contributed by atoms with van der Waals surface area (Å²) in [4.78, 5) is 12.1. The highest BCUT2D eigenvalue weighted by Crippen LogP contribution is 2.01. The summed E-state index contributed by atoms with van der Waals surface area (Å²) in [6.07, 6.45) is 2.89. The number of carbonyl (C=O) groups excluding carboxylic acids is 1. The maximum absolute atomic E-state index is 12.1. The maximum atomic E-state index is 12.1. The Hall–Kier alpha value is -1.96. The second-order valence-corrected chi connectivity index (χ2v) is 3.96. The topological polar surface area (TPSA) is 20.9 Å². The van der Waals surface area contributed by atoms with Gasteiger partial charge in [0.15, 0.2) is 11.9 Å². The Bertz CT molecular complexity index is 505. The van der Waals surface area contributed by atoms with Gasteiger partial charge in [-0.15, -0.1) is 0 Å². The fourth-order valence-electron chi connectivity index (χ4n) is 1.86. The van der Waals surface area contributed by atoms with E-state index in [4.69, 9.17) is 0 Å². The van der Waals surface area contributed by atoms with Gasteiger partial charge in [-0.3, -0.25) is 4.79 Å². The molecule has 0 fully saturated rings. The van der Waals surface area contributed by atoms with Crippen LogP contribution in [0.3, 0.4) is 0 Å². The van der Waals surface area contributed by atoms with Gasteiger partial charge >= 0.3 is 0 Å². The lowest BCUT2D eigenvalue weighted by atomic mass is 10.1. The van der Waals surface area contributed by atoms with E-state index in [1.807, 2.05) is 53.2 Å². The highest BCUT2D eigenvalue weighted by atomic mass is 16.1. The van der Waals surface area contributed by atoms with Crippen LogP contribution in [-0.2, 0) is 13.0 Å². The third-order valence-corrected chi connectivity index (χ3v) is 2.81. The predicted molar refractivity (Wildman–Crippen MR) is 66.8 cm³/mol. The molecule has 2 nitrogen and oxygen atoms in total. The van der Waals surface area contributed by atoms with Crippen LogP contribution in [0.25, 0.3) is 0 Å². The van der Waals surface area contributed by atoms with E-state index in [-0.39, 0.29) is 5.78 Å². The molecule has 0 amide bonds. The first kappa shape index (κ1) is 11.5. The van der Waals surface area contributed by atoms with Gasteiger partial charge in [-0.25, -0.2) is 0 Å². The zero-order valence-corrected chi connectivity index (χ0v) is 9.97. The number of benzene rings is 1. The van der Waals surface area contributed by atoms with Gasteiger partial charge in [0.05, 0.1) is 0 Å². The van der Waals surface area contributed by atoms with Gasteiger partial charge in [-0.05, 0) is 0 Å². The highest BCUT2D eigenvalue weighted by Gasteiger charge is 2.14. The molecule has 0 spiro atoms. The Kier molecular flexibility index (Phi) is 3.66. The molecule has 0 saturated heterocycles. The number of aryl methyl sites for hydroxylation is 1. The van der Waals surface area contributed by atoms with Crippen LogP contribution in [0.1, 0.15) is 23.0 Å². The van der Waals surface area contributed by atoms with Crippen LogP contribution in [0.2, 0.25) is 0 Å². The molecule has 0 bridgehead atoms. The summed E-state index contributed by atoms with van der Waals surface area (Å²) in [5, 5.41) is 0. The van der Waals surface area contributed by atoms with Gasteiger partial charge in [0.1, 0.15) is 0 Å². The normalized spacial score (nSPS) is 10.2. The van der Waals surface area contributed by atoms with Crippen LogP contribution < -0.4 is 4.57 Å². The summed E-state index contributed by atoms with van der Waals surface area (Å²) >= 11 is 0. The molecule has 0 aliphatic rings. The maximum Gasteiger partial charge on any atom is 0.227 e. The number of hydrogen-bond acceptors (Lipinski definition) is 1. The van der Waals surface area contributed by atoms with Crippen LogP contribution in [-0.4, -0.2) is 5.78 Å². The Morgan fingerprint density at radius 1 is 1.06 bits per heavy atom. The van der Waals surface area contributed by atoms with Crippen LogP contribution in [0, 0.1) is 0 Å². The van der Waals surface area contributed by atoms with Gasteiger partial charge in [0.25, 0.3) is 0 Å². The van der Waals surface area contributed by atoms with Crippen molar-refractivity contribution in [2.24, 2.45) is 0 Å². The van der Waals surface area contributed by atoms with Gasteiger partial charge < -0.3 is 0 Å². The van der Waals surface area contributed by atoms with E-state index in [2.05, 4.69) is 13.0 Å². The first-order valence-electron chi connectivity index (χ1n) is 5.87. The Morgan fingerprint density at radius 2 is 1.76 bits per heavy atom. The average molecular weight is 226 g/mol. The molecule has 0 radical (unpaired) electrons. The molecular weight excluding hydrogens is 210 g/mol. The molecule has 1 heterocycles. The molecule has 0 N–H and O–H groups in total. The van der Waals surface area contributed by atoms with Gasteiger partial charge in [-0.1, -0.05) is 43.3 Å². The average Bonchev–Trinajstić information content (AvgIpc) is 2.40. The number of carbonyl (C=O) groups is 1. The quantitative estimate of drug-likeness (QED) is 0.579. The summed E-state index contributed by atoms with van der Waals surface area (Å²) in [7, 11) is 0. The minimum absolute atomic E-state index is 0.150. The zero-order valence-electron chi connectivity index (χ0n) is 9.97. The van der Waals surface area contributed by atoms with Crippen molar-refractivity contribution in [2.45, 2.75) is 19.9 Å². The minimum Gasteiger partial charge on any atom is -0.287 e. The van der Waals surface area contributed by atoms with Crippen molar-refractivity contribution in [3.05, 3.63) is 66.0 Å². The van der Waals surface area contributed by atoms with E-state index in [0.29, 0.717) is 6.54 Å². The molecule has 0 unspecified atom stereocenters. The van der Waals surface area contributed by atoms with Crippen molar-refractivity contribution < 1.29 is 9.36 Å². The summed E-state index contributed by atoms with van der Waals surface area (Å²) in [6, 6.07) is 15.4. The number of ketones is 1. The lowest BCUT2D eigenvalue weighted by molar-refractivity contribution is -0.690. The number of pyridine rings is 1.